The van der Waals surface area contributed by atoms with Crippen molar-refractivity contribution in [3.05, 3.63) is 0 Å². The molecule has 0 radical (unpaired) electrons. The highest BCUT2D eigenvalue weighted by Gasteiger charge is 2.24. The number of hydrogen-bond acceptors (Lipinski definition) is 4. The third-order valence-corrected chi connectivity index (χ3v) is 3.85. The summed E-state index contributed by atoms with van der Waals surface area (Å²) in [5.41, 5.74) is 0. The Bertz CT molecular complexity index is 284. The molecule has 5 nitrogen and oxygen atoms in total. The van der Waals surface area contributed by atoms with Crippen molar-refractivity contribution >= 4 is 5.91 Å². The Morgan fingerprint density at radius 3 is 2.53 bits per heavy atom. The number of rotatable bonds is 6. The molecule has 0 aromatic carbocycles. The SMILES string of the molecule is CC1CN(CCCCNC(=O)C2CNC2)CC(C)O1. The lowest BCUT2D eigenvalue weighted by molar-refractivity contribution is -0.126. The summed E-state index contributed by atoms with van der Waals surface area (Å²) in [4.78, 5) is 14.1. The molecule has 110 valence electrons. The van der Waals surface area contributed by atoms with Crippen LogP contribution in [0.2, 0.25) is 0 Å². The number of unbranched alkanes of at least 4 members (excludes halogenated alkanes) is 1. The number of amides is 1. The molecule has 0 saturated carbocycles. The van der Waals surface area contributed by atoms with Crippen LogP contribution in [0.3, 0.4) is 0 Å². The molecule has 1 amide bonds. The summed E-state index contributed by atoms with van der Waals surface area (Å²) >= 11 is 0. The van der Waals surface area contributed by atoms with Gasteiger partial charge in [0.2, 0.25) is 5.91 Å². The first-order valence-corrected chi connectivity index (χ1v) is 7.51. The third kappa shape index (κ3) is 4.75. The van der Waals surface area contributed by atoms with Crippen molar-refractivity contribution in [2.75, 3.05) is 39.3 Å². The maximum atomic E-state index is 11.6. The second kappa shape index (κ2) is 7.22. The standard InChI is InChI=1S/C14H27N3O2/c1-11-9-17(10-12(2)19-11)6-4-3-5-16-14(18)13-7-15-8-13/h11-13,15H,3-10H2,1-2H3,(H,16,18). The number of nitrogens with one attached hydrogen (secondary N) is 2. The molecule has 0 aromatic rings. The van der Waals surface area contributed by atoms with Gasteiger partial charge in [-0.3, -0.25) is 9.69 Å². The molecule has 0 bridgehead atoms. The van der Waals surface area contributed by atoms with E-state index in [1.807, 2.05) is 0 Å². The minimum Gasteiger partial charge on any atom is -0.373 e. The third-order valence-electron chi connectivity index (χ3n) is 3.85. The first-order valence-electron chi connectivity index (χ1n) is 7.51. The highest BCUT2D eigenvalue weighted by atomic mass is 16.5. The Labute approximate surface area is 116 Å². The van der Waals surface area contributed by atoms with Gasteiger partial charge < -0.3 is 15.4 Å². The lowest BCUT2D eigenvalue weighted by atomic mass is 10.0. The molecular weight excluding hydrogens is 242 g/mol. The normalized spacial score (nSPS) is 28.9. The number of carbonyl (C=O) groups excluding carboxylic acids is 1. The van der Waals surface area contributed by atoms with Gasteiger partial charge in [0.1, 0.15) is 0 Å². The Kier molecular flexibility index (Phi) is 5.60. The van der Waals surface area contributed by atoms with E-state index in [2.05, 4.69) is 29.4 Å². The van der Waals surface area contributed by atoms with Gasteiger partial charge in [0.05, 0.1) is 18.1 Å². The Morgan fingerprint density at radius 1 is 1.26 bits per heavy atom. The van der Waals surface area contributed by atoms with E-state index in [1.54, 1.807) is 0 Å². The van der Waals surface area contributed by atoms with E-state index in [1.165, 1.54) is 0 Å². The molecule has 2 fully saturated rings. The van der Waals surface area contributed by atoms with Crippen molar-refractivity contribution in [2.24, 2.45) is 5.92 Å². The molecule has 0 aromatic heterocycles. The van der Waals surface area contributed by atoms with Gasteiger partial charge in [-0.25, -0.2) is 0 Å². The van der Waals surface area contributed by atoms with Crippen molar-refractivity contribution in [2.45, 2.75) is 38.9 Å². The molecule has 2 aliphatic rings. The van der Waals surface area contributed by atoms with Crippen LogP contribution in [-0.4, -0.2) is 62.3 Å². The average Bonchev–Trinajstić information content (AvgIpc) is 2.24. The summed E-state index contributed by atoms with van der Waals surface area (Å²) in [6.07, 6.45) is 2.89. The minimum absolute atomic E-state index is 0.209. The molecule has 0 aliphatic carbocycles. The van der Waals surface area contributed by atoms with Crippen LogP contribution < -0.4 is 10.6 Å². The number of nitrogens with zero attached hydrogens (tertiary/aromatic N) is 1. The predicted octanol–water partition coefficient (Wildman–Crippen LogP) is 0.211. The van der Waals surface area contributed by atoms with Gasteiger partial charge in [0.15, 0.2) is 0 Å². The lowest BCUT2D eigenvalue weighted by Gasteiger charge is -2.35. The molecule has 2 heterocycles. The van der Waals surface area contributed by atoms with Gasteiger partial charge in [-0.15, -0.1) is 0 Å². The van der Waals surface area contributed by atoms with Gasteiger partial charge >= 0.3 is 0 Å². The first-order chi connectivity index (χ1) is 9.15. The highest BCUT2D eigenvalue weighted by molar-refractivity contribution is 5.79. The summed E-state index contributed by atoms with van der Waals surface area (Å²) in [5, 5.41) is 6.13. The lowest BCUT2D eigenvalue weighted by Crippen LogP contribution is -2.51. The highest BCUT2D eigenvalue weighted by Crippen LogP contribution is 2.11. The molecule has 2 rings (SSSR count). The number of ether oxygens (including phenoxy) is 1. The van der Waals surface area contributed by atoms with Crippen LogP contribution in [0.15, 0.2) is 0 Å². The van der Waals surface area contributed by atoms with Crippen molar-refractivity contribution in [1.29, 1.82) is 0 Å². The van der Waals surface area contributed by atoms with Gasteiger partial charge in [-0.05, 0) is 33.2 Å². The molecule has 2 unspecified atom stereocenters. The summed E-state index contributed by atoms with van der Waals surface area (Å²) in [6, 6.07) is 0. The predicted molar refractivity (Wildman–Crippen MR) is 75.1 cm³/mol. The summed E-state index contributed by atoms with van der Waals surface area (Å²) in [6.45, 7) is 9.94. The molecule has 5 heteroatoms. The van der Waals surface area contributed by atoms with E-state index in [-0.39, 0.29) is 11.8 Å². The first kappa shape index (κ1) is 14.8. The van der Waals surface area contributed by atoms with Gasteiger partial charge in [0.25, 0.3) is 0 Å². The van der Waals surface area contributed by atoms with Crippen molar-refractivity contribution < 1.29 is 9.53 Å². The van der Waals surface area contributed by atoms with E-state index < -0.39 is 0 Å². The monoisotopic (exact) mass is 269 g/mol. The van der Waals surface area contributed by atoms with Crippen LogP contribution in [0, 0.1) is 5.92 Å². The molecular formula is C14H27N3O2. The quantitative estimate of drug-likeness (QED) is 0.677. The Balaban J connectivity index is 1.50. The number of carbonyl (C=O) groups is 1. The van der Waals surface area contributed by atoms with E-state index in [9.17, 15) is 4.79 Å². The van der Waals surface area contributed by atoms with Crippen LogP contribution in [0.25, 0.3) is 0 Å². The molecule has 2 aliphatic heterocycles. The molecule has 2 saturated heterocycles. The fraction of sp³-hybridized carbons (Fsp3) is 0.929. The smallest absolute Gasteiger partial charge is 0.225 e. The summed E-state index contributed by atoms with van der Waals surface area (Å²) < 4.78 is 5.72. The van der Waals surface area contributed by atoms with Crippen LogP contribution in [0.1, 0.15) is 26.7 Å². The topological polar surface area (TPSA) is 53.6 Å². The van der Waals surface area contributed by atoms with E-state index in [0.29, 0.717) is 12.2 Å². The van der Waals surface area contributed by atoms with Crippen LogP contribution in [0.5, 0.6) is 0 Å². The zero-order valence-electron chi connectivity index (χ0n) is 12.2. The minimum atomic E-state index is 0.209. The summed E-state index contributed by atoms with van der Waals surface area (Å²) in [7, 11) is 0. The average molecular weight is 269 g/mol. The molecule has 0 spiro atoms. The maximum Gasteiger partial charge on any atom is 0.225 e. The zero-order chi connectivity index (χ0) is 13.7. The van der Waals surface area contributed by atoms with Crippen molar-refractivity contribution in [3.8, 4) is 0 Å². The molecule has 19 heavy (non-hydrogen) atoms. The van der Waals surface area contributed by atoms with Crippen LogP contribution in [0.4, 0.5) is 0 Å². The van der Waals surface area contributed by atoms with E-state index >= 15 is 0 Å². The van der Waals surface area contributed by atoms with Crippen LogP contribution >= 0.6 is 0 Å². The largest absolute Gasteiger partial charge is 0.373 e. The fourth-order valence-corrected chi connectivity index (χ4v) is 2.76. The fourth-order valence-electron chi connectivity index (χ4n) is 2.76. The number of hydrogen-bond donors (Lipinski definition) is 2. The van der Waals surface area contributed by atoms with Gasteiger partial charge in [-0.2, -0.15) is 0 Å². The second-order valence-electron chi connectivity index (χ2n) is 5.87. The summed E-state index contributed by atoms with van der Waals surface area (Å²) in [5.74, 6) is 0.424. The molecule has 2 atom stereocenters. The van der Waals surface area contributed by atoms with Crippen molar-refractivity contribution in [1.82, 2.24) is 15.5 Å². The van der Waals surface area contributed by atoms with Crippen LogP contribution in [-0.2, 0) is 9.53 Å². The molecule has 2 N–H and O–H groups in total. The van der Waals surface area contributed by atoms with E-state index in [0.717, 1.165) is 52.1 Å². The second-order valence-corrected chi connectivity index (χ2v) is 5.87. The van der Waals surface area contributed by atoms with Gasteiger partial charge in [0, 0.05) is 32.7 Å². The Morgan fingerprint density at radius 2 is 1.95 bits per heavy atom. The van der Waals surface area contributed by atoms with E-state index in [4.69, 9.17) is 4.74 Å². The maximum absolute atomic E-state index is 11.6. The van der Waals surface area contributed by atoms with Gasteiger partial charge in [-0.1, -0.05) is 0 Å². The van der Waals surface area contributed by atoms with Crippen molar-refractivity contribution in [3.63, 3.8) is 0 Å². The number of morpholine rings is 1. The zero-order valence-corrected chi connectivity index (χ0v) is 12.2. The Hall–Kier alpha value is -0.650.